The Kier molecular flexibility index (Phi) is 4.36. The van der Waals surface area contributed by atoms with E-state index >= 15 is 0 Å². The van der Waals surface area contributed by atoms with Crippen molar-refractivity contribution in [2.24, 2.45) is 5.92 Å². The zero-order valence-corrected chi connectivity index (χ0v) is 10.8. The molecule has 1 saturated carbocycles. The van der Waals surface area contributed by atoms with E-state index < -0.39 is 0 Å². The standard InChI is InChI=1S/C13H21NOS/c1-10-9-16-13(14-10)8-12(15)7-6-11-4-2-3-5-11/h9,11-12,15H,2-8H2,1H3. The van der Waals surface area contributed by atoms with E-state index in [2.05, 4.69) is 10.4 Å². The summed E-state index contributed by atoms with van der Waals surface area (Å²) in [6, 6.07) is 0. The highest BCUT2D eigenvalue weighted by molar-refractivity contribution is 7.09. The van der Waals surface area contributed by atoms with Crippen LogP contribution in [-0.2, 0) is 6.42 Å². The molecule has 1 aromatic heterocycles. The van der Waals surface area contributed by atoms with Crippen LogP contribution < -0.4 is 0 Å². The Bertz CT molecular complexity index is 317. The molecule has 0 aromatic carbocycles. The second kappa shape index (κ2) is 5.78. The van der Waals surface area contributed by atoms with Gasteiger partial charge in [-0.2, -0.15) is 0 Å². The lowest BCUT2D eigenvalue weighted by Crippen LogP contribution is -2.12. The molecule has 16 heavy (non-hydrogen) atoms. The molecule has 1 fully saturated rings. The van der Waals surface area contributed by atoms with Gasteiger partial charge in [-0.25, -0.2) is 4.98 Å². The highest BCUT2D eigenvalue weighted by Gasteiger charge is 2.17. The third-order valence-corrected chi connectivity index (χ3v) is 4.45. The summed E-state index contributed by atoms with van der Waals surface area (Å²) in [7, 11) is 0. The molecule has 1 aromatic rings. The van der Waals surface area contributed by atoms with Gasteiger partial charge in [0, 0.05) is 17.5 Å². The van der Waals surface area contributed by atoms with Crippen molar-refractivity contribution >= 4 is 11.3 Å². The number of aryl methyl sites for hydroxylation is 1. The quantitative estimate of drug-likeness (QED) is 0.855. The molecule has 1 aliphatic rings. The van der Waals surface area contributed by atoms with Gasteiger partial charge in [0.1, 0.15) is 0 Å². The van der Waals surface area contributed by atoms with Crippen LogP contribution in [0, 0.1) is 12.8 Å². The summed E-state index contributed by atoms with van der Waals surface area (Å²) in [5.41, 5.74) is 1.07. The van der Waals surface area contributed by atoms with Gasteiger partial charge in [-0.1, -0.05) is 25.7 Å². The van der Waals surface area contributed by atoms with Gasteiger partial charge in [-0.3, -0.25) is 0 Å². The number of hydrogen-bond donors (Lipinski definition) is 1. The van der Waals surface area contributed by atoms with Gasteiger partial charge in [-0.15, -0.1) is 11.3 Å². The molecule has 1 unspecified atom stereocenters. The smallest absolute Gasteiger partial charge is 0.0953 e. The molecule has 1 heterocycles. The first kappa shape index (κ1) is 12.1. The molecule has 1 N–H and O–H groups in total. The summed E-state index contributed by atoms with van der Waals surface area (Å²) in [6.45, 7) is 2.00. The Morgan fingerprint density at radius 3 is 2.88 bits per heavy atom. The second-order valence-electron chi connectivity index (χ2n) is 4.97. The van der Waals surface area contributed by atoms with E-state index in [1.54, 1.807) is 11.3 Å². The summed E-state index contributed by atoms with van der Waals surface area (Å²) >= 11 is 1.66. The number of hydrogen-bond acceptors (Lipinski definition) is 3. The molecule has 90 valence electrons. The SMILES string of the molecule is Cc1csc(CC(O)CCC2CCCC2)n1. The van der Waals surface area contributed by atoms with Crippen LogP contribution in [0.5, 0.6) is 0 Å². The molecular formula is C13H21NOS. The number of nitrogens with zero attached hydrogens (tertiary/aromatic N) is 1. The topological polar surface area (TPSA) is 33.1 Å². The fraction of sp³-hybridized carbons (Fsp3) is 0.769. The van der Waals surface area contributed by atoms with Gasteiger partial charge in [-0.05, 0) is 25.7 Å². The molecule has 0 aliphatic heterocycles. The summed E-state index contributed by atoms with van der Waals surface area (Å²) in [4.78, 5) is 4.39. The van der Waals surface area contributed by atoms with Crippen LogP contribution in [0.2, 0.25) is 0 Å². The maximum absolute atomic E-state index is 9.94. The van der Waals surface area contributed by atoms with E-state index in [9.17, 15) is 5.11 Å². The Morgan fingerprint density at radius 2 is 2.25 bits per heavy atom. The van der Waals surface area contributed by atoms with Crippen molar-refractivity contribution < 1.29 is 5.11 Å². The monoisotopic (exact) mass is 239 g/mol. The van der Waals surface area contributed by atoms with E-state index in [0.717, 1.165) is 29.5 Å². The largest absolute Gasteiger partial charge is 0.393 e. The molecule has 0 bridgehead atoms. The average molecular weight is 239 g/mol. The highest BCUT2D eigenvalue weighted by Crippen LogP contribution is 2.29. The van der Waals surface area contributed by atoms with Crippen molar-refractivity contribution in [2.45, 2.75) is 58.0 Å². The lowest BCUT2D eigenvalue weighted by Gasteiger charge is -2.12. The van der Waals surface area contributed by atoms with E-state index in [0.29, 0.717) is 0 Å². The maximum Gasteiger partial charge on any atom is 0.0953 e. The van der Waals surface area contributed by atoms with Gasteiger partial charge in [0.2, 0.25) is 0 Å². The molecule has 0 radical (unpaired) electrons. The first-order chi connectivity index (χ1) is 7.74. The van der Waals surface area contributed by atoms with Crippen molar-refractivity contribution in [2.75, 3.05) is 0 Å². The minimum Gasteiger partial charge on any atom is -0.393 e. The normalized spacial score (nSPS) is 19.1. The summed E-state index contributed by atoms with van der Waals surface area (Å²) < 4.78 is 0. The van der Waals surface area contributed by atoms with Crippen LogP contribution in [0.3, 0.4) is 0 Å². The fourth-order valence-corrected chi connectivity index (χ4v) is 3.37. The Balaban J connectivity index is 1.69. The Hall–Kier alpha value is -0.410. The molecule has 1 aliphatic carbocycles. The van der Waals surface area contributed by atoms with Gasteiger partial charge in [0.15, 0.2) is 0 Å². The van der Waals surface area contributed by atoms with Crippen LogP contribution in [0.1, 0.15) is 49.2 Å². The highest BCUT2D eigenvalue weighted by atomic mass is 32.1. The summed E-state index contributed by atoms with van der Waals surface area (Å²) in [5, 5.41) is 13.1. The van der Waals surface area contributed by atoms with Crippen molar-refractivity contribution in [1.82, 2.24) is 4.98 Å². The number of aromatic nitrogens is 1. The number of aliphatic hydroxyl groups excluding tert-OH is 1. The first-order valence-corrected chi connectivity index (χ1v) is 7.21. The Morgan fingerprint density at radius 1 is 1.50 bits per heavy atom. The van der Waals surface area contributed by atoms with Crippen molar-refractivity contribution in [3.63, 3.8) is 0 Å². The molecule has 2 nitrogen and oxygen atoms in total. The van der Waals surface area contributed by atoms with Crippen molar-refractivity contribution in [3.05, 3.63) is 16.1 Å². The minimum absolute atomic E-state index is 0.189. The lowest BCUT2D eigenvalue weighted by atomic mass is 9.99. The molecule has 0 amide bonds. The second-order valence-corrected chi connectivity index (χ2v) is 5.91. The van der Waals surface area contributed by atoms with E-state index in [-0.39, 0.29) is 6.10 Å². The van der Waals surface area contributed by atoms with Crippen LogP contribution in [0.4, 0.5) is 0 Å². The van der Waals surface area contributed by atoms with Gasteiger partial charge < -0.3 is 5.11 Å². The van der Waals surface area contributed by atoms with E-state index in [1.807, 2.05) is 6.92 Å². The molecule has 1 atom stereocenters. The fourth-order valence-electron chi connectivity index (χ4n) is 2.53. The van der Waals surface area contributed by atoms with Crippen molar-refractivity contribution in [1.29, 1.82) is 0 Å². The summed E-state index contributed by atoms with van der Waals surface area (Å²) in [6.07, 6.45) is 8.25. The molecular weight excluding hydrogens is 218 g/mol. The molecule has 3 heteroatoms. The minimum atomic E-state index is -0.189. The zero-order chi connectivity index (χ0) is 11.4. The third-order valence-electron chi connectivity index (χ3n) is 3.46. The first-order valence-electron chi connectivity index (χ1n) is 6.33. The van der Waals surface area contributed by atoms with Crippen LogP contribution in [-0.4, -0.2) is 16.2 Å². The van der Waals surface area contributed by atoms with Gasteiger partial charge >= 0.3 is 0 Å². The van der Waals surface area contributed by atoms with E-state index in [4.69, 9.17) is 0 Å². The predicted octanol–water partition coefficient (Wildman–Crippen LogP) is 3.33. The summed E-state index contributed by atoms with van der Waals surface area (Å²) in [5.74, 6) is 0.882. The number of rotatable bonds is 5. The predicted molar refractivity (Wildman–Crippen MR) is 67.8 cm³/mol. The van der Waals surface area contributed by atoms with Crippen LogP contribution in [0.15, 0.2) is 5.38 Å². The van der Waals surface area contributed by atoms with Crippen LogP contribution >= 0.6 is 11.3 Å². The lowest BCUT2D eigenvalue weighted by molar-refractivity contribution is 0.154. The molecule has 0 spiro atoms. The van der Waals surface area contributed by atoms with Crippen LogP contribution in [0.25, 0.3) is 0 Å². The zero-order valence-electron chi connectivity index (χ0n) is 9.98. The van der Waals surface area contributed by atoms with E-state index in [1.165, 1.54) is 32.1 Å². The number of aliphatic hydroxyl groups is 1. The van der Waals surface area contributed by atoms with Crippen molar-refractivity contribution in [3.8, 4) is 0 Å². The maximum atomic E-state index is 9.94. The van der Waals surface area contributed by atoms with Gasteiger partial charge in [0.05, 0.1) is 11.1 Å². The third kappa shape index (κ3) is 3.56. The molecule has 0 saturated heterocycles. The Labute approximate surface area is 102 Å². The van der Waals surface area contributed by atoms with Gasteiger partial charge in [0.25, 0.3) is 0 Å². The average Bonchev–Trinajstić information content (AvgIpc) is 2.87. The molecule has 2 rings (SSSR count). The number of thiazole rings is 1.